The van der Waals surface area contributed by atoms with E-state index in [1.807, 2.05) is 7.05 Å². The molecule has 1 aromatic heterocycles. The molecular weight excluding hydrogens is 453 g/mol. The highest BCUT2D eigenvalue weighted by Crippen LogP contribution is 2.22. The van der Waals surface area contributed by atoms with Crippen LogP contribution >= 0.6 is 24.0 Å². The average molecular weight is 483 g/mol. The summed E-state index contributed by atoms with van der Waals surface area (Å²) in [5.74, 6) is 1.03. The van der Waals surface area contributed by atoms with Gasteiger partial charge >= 0.3 is 0 Å². The van der Waals surface area contributed by atoms with Gasteiger partial charge in [-0.15, -0.1) is 24.0 Å². The molecule has 1 atom stereocenters. The Kier molecular flexibility index (Phi) is 7.94. The Morgan fingerprint density at radius 3 is 3.00 bits per heavy atom. The Morgan fingerprint density at radius 1 is 1.44 bits per heavy atom. The lowest BCUT2D eigenvalue weighted by Gasteiger charge is -2.34. The lowest BCUT2D eigenvalue weighted by atomic mass is 9.95. The number of nitrogens with two attached hydrogens (primary N) is 1. The molecule has 2 aromatic rings. The molecule has 1 fully saturated rings. The number of aromatic amines is 1. The van der Waals surface area contributed by atoms with Crippen molar-refractivity contribution < 1.29 is 4.79 Å². The van der Waals surface area contributed by atoms with Crippen LogP contribution in [0, 0.1) is 12.8 Å². The fraction of sp³-hybridized carbons (Fsp3) is 0.500. The highest BCUT2D eigenvalue weighted by molar-refractivity contribution is 14.0. The molecule has 0 radical (unpaired) electrons. The maximum absolute atomic E-state index is 11.2. The smallest absolute Gasteiger partial charge is 0.217 e. The molecule has 0 bridgehead atoms. The van der Waals surface area contributed by atoms with Gasteiger partial charge < -0.3 is 20.9 Å². The van der Waals surface area contributed by atoms with Crippen molar-refractivity contribution in [3.05, 3.63) is 35.5 Å². The first-order valence-electron chi connectivity index (χ1n) is 9.38. The van der Waals surface area contributed by atoms with Crippen molar-refractivity contribution in [3.63, 3.8) is 0 Å². The number of benzene rings is 1. The van der Waals surface area contributed by atoms with E-state index in [2.05, 4.69) is 51.5 Å². The third kappa shape index (κ3) is 5.37. The van der Waals surface area contributed by atoms with Crippen LogP contribution < -0.4 is 11.1 Å². The molecule has 148 valence electrons. The van der Waals surface area contributed by atoms with E-state index in [1.54, 1.807) is 0 Å². The van der Waals surface area contributed by atoms with Crippen molar-refractivity contribution in [2.45, 2.75) is 32.6 Å². The van der Waals surface area contributed by atoms with Gasteiger partial charge in [0.05, 0.1) is 0 Å². The summed E-state index contributed by atoms with van der Waals surface area (Å²) >= 11 is 0. The normalized spacial score (nSPS) is 17.6. The van der Waals surface area contributed by atoms with Crippen molar-refractivity contribution >= 4 is 46.7 Å². The van der Waals surface area contributed by atoms with Gasteiger partial charge in [0.1, 0.15) is 0 Å². The second-order valence-corrected chi connectivity index (χ2v) is 7.16. The van der Waals surface area contributed by atoms with Gasteiger partial charge in [-0.3, -0.25) is 9.79 Å². The molecule has 6 nitrogen and oxygen atoms in total. The number of fused-ring (bicyclic) bond motifs is 1. The summed E-state index contributed by atoms with van der Waals surface area (Å²) in [4.78, 5) is 21.2. The second-order valence-electron chi connectivity index (χ2n) is 7.16. The van der Waals surface area contributed by atoms with Gasteiger partial charge in [-0.05, 0) is 49.3 Å². The molecule has 1 aliphatic heterocycles. The number of carbonyl (C=O) groups excluding carboxylic acids is 1. The van der Waals surface area contributed by atoms with Crippen LogP contribution in [-0.2, 0) is 11.2 Å². The number of hydrogen-bond acceptors (Lipinski definition) is 2. The van der Waals surface area contributed by atoms with Crippen molar-refractivity contribution in [1.82, 2.24) is 15.2 Å². The third-order valence-corrected chi connectivity index (χ3v) is 5.19. The van der Waals surface area contributed by atoms with Gasteiger partial charge in [-0.25, -0.2) is 0 Å². The number of amides is 1. The topological polar surface area (TPSA) is 86.5 Å². The van der Waals surface area contributed by atoms with Gasteiger partial charge in [0.25, 0.3) is 0 Å². The lowest BCUT2D eigenvalue weighted by molar-refractivity contribution is -0.119. The summed E-state index contributed by atoms with van der Waals surface area (Å²) in [6, 6.07) is 6.35. The minimum Gasteiger partial charge on any atom is -0.370 e. The predicted molar refractivity (Wildman–Crippen MR) is 122 cm³/mol. The summed E-state index contributed by atoms with van der Waals surface area (Å²) in [7, 11) is 1.82. The van der Waals surface area contributed by atoms with Gasteiger partial charge in [-0.2, -0.15) is 0 Å². The van der Waals surface area contributed by atoms with Crippen LogP contribution in [0.3, 0.4) is 0 Å². The molecule has 7 heteroatoms. The highest BCUT2D eigenvalue weighted by Gasteiger charge is 2.23. The van der Waals surface area contributed by atoms with E-state index in [1.165, 1.54) is 22.0 Å². The fourth-order valence-electron chi connectivity index (χ4n) is 4.00. The molecule has 1 aliphatic rings. The third-order valence-electron chi connectivity index (χ3n) is 5.19. The molecule has 27 heavy (non-hydrogen) atoms. The zero-order chi connectivity index (χ0) is 18.5. The number of hydrogen-bond donors (Lipinski definition) is 3. The van der Waals surface area contributed by atoms with E-state index in [-0.39, 0.29) is 29.9 Å². The van der Waals surface area contributed by atoms with E-state index in [0.29, 0.717) is 12.3 Å². The summed E-state index contributed by atoms with van der Waals surface area (Å²) in [6.45, 7) is 4.79. The Hall–Kier alpha value is -1.77. The van der Waals surface area contributed by atoms with Crippen LogP contribution in [0.25, 0.3) is 10.9 Å². The predicted octanol–water partition coefficient (Wildman–Crippen LogP) is 2.80. The van der Waals surface area contributed by atoms with Crippen molar-refractivity contribution in [1.29, 1.82) is 0 Å². The number of primary amides is 1. The molecule has 1 aromatic carbocycles. The van der Waals surface area contributed by atoms with Crippen molar-refractivity contribution in [3.8, 4) is 0 Å². The van der Waals surface area contributed by atoms with Crippen LogP contribution in [0.2, 0.25) is 0 Å². The summed E-state index contributed by atoms with van der Waals surface area (Å²) in [5, 5.41) is 4.80. The molecular formula is C20H30IN5O. The largest absolute Gasteiger partial charge is 0.370 e. The maximum atomic E-state index is 11.2. The number of likely N-dealkylation sites (tertiary alicyclic amines) is 1. The van der Waals surface area contributed by atoms with E-state index in [0.717, 1.165) is 44.9 Å². The molecule has 1 unspecified atom stereocenters. The van der Waals surface area contributed by atoms with Crippen LogP contribution in [0.5, 0.6) is 0 Å². The van der Waals surface area contributed by atoms with E-state index >= 15 is 0 Å². The highest BCUT2D eigenvalue weighted by atomic mass is 127. The number of aliphatic imine (C=N–C) groups is 1. The van der Waals surface area contributed by atoms with Crippen LogP contribution in [0.15, 0.2) is 29.4 Å². The monoisotopic (exact) mass is 483 g/mol. The minimum atomic E-state index is -0.213. The maximum Gasteiger partial charge on any atom is 0.217 e. The van der Waals surface area contributed by atoms with Gasteiger partial charge in [-0.1, -0.05) is 12.1 Å². The average Bonchev–Trinajstić information content (AvgIpc) is 3.03. The van der Waals surface area contributed by atoms with Crippen LogP contribution in [0.4, 0.5) is 0 Å². The molecule has 1 saturated heterocycles. The van der Waals surface area contributed by atoms with Crippen molar-refractivity contribution in [2.24, 2.45) is 16.6 Å². The fourth-order valence-corrected chi connectivity index (χ4v) is 4.00. The number of nitrogens with zero attached hydrogens (tertiary/aromatic N) is 2. The first-order chi connectivity index (χ1) is 12.6. The number of aryl methyl sites for hydroxylation is 1. The van der Waals surface area contributed by atoms with Crippen molar-refractivity contribution in [2.75, 3.05) is 26.7 Å². The summed E-state index contributed by atoms with van der Waals surface area (Å²) in [5.41, 5.74) is 9.18. The molecule has 4 N–H and O–H groups in total. The Balaban J connectivity index is 0.00000261. The summed E-state index contributed by atoms with van der Waals surface area (Å²) < 4.78 is 0. The zero-order valence-electron chi connectivity index (χ0n) is 16.1. The molecule has 0 aliphatic carbocycles. The van der Waals surface area contributed by atoms with E-state index < -0.39 is 0 Å². The number of aromatic nitrogens is 1. The van der Waals surface area contributed by atoms with Crippen LogP contribution in [-0.4, -0.2) is 48.4 Å². The number of guanidine groups is 1. The van der Waals surface area contributed by atoms with Gasteiger partial charge in [0, 0.05) is 50.2 Å². The standard InChI is InChI=1S/C20H29N5O.HI/c1-14-5-3-7-17-19(14)16(12-24-17)8-9-23-20(22-2)25-10-4-6-15(13-25)11-18(21)26;/h3,5,7,12,15,24H,4,6,8-11,13H2,1-2H3,(H2,21,26)(H,22,23);1H. The summed E-state index contributed by atoms with van der Waals surface area (Å²) in [6.07, 6.45) is 5.63. The molecule has 1 amide bonds. The van der Waals surface area contributed by atoms with E-state index in [4.69, 9.17) is 5.73 Å². The minimum absolute atomic E-state index is 0. The van der Waals surface area contributed by atoms with Gasteiger partial charge in [0.15, 0.2) is 5.96 Å². The number of halogens is 1. The SMILES string of the molecule is CN=C(NCCc1c[nH]c2cccc(C)c12)N1CCCC(CC(N)=O)C1.I. The number of nitrogens with one attached hydrogen (secondary N) is 2. The zero-order valence-corrected chi connectivity index (χ0v) is 18.5. The number of carbonyl (C=O) groups is 1. The molecule has 3 rings (SSSR count). The number of rotatable bonds is 5. The quantitative estimate of drug-likeness (QED) is 0.347. The van der Waals surface area contributed by atoms with E-state index in [9.17, 15) is 4.79 Å². The molecule has 0 spiro atoms. The Labute approximate surface area is 178 Å². The first kappa shape index (κ1) is 21.5. The molecule has 0 saturated carbocycles. The first-order valence-corrected chi connectivity index (χ1v) is 9.38. The Bertz CT molecular complexity index is 801. The van der Waals surface area contributed by atoms with Crippen LogP contribution in [0.1, 0.15) is 30.4 Å². The second kappa shape index (κ2) is 9.96. The van der Waals surface area contributed by atoms with Gasteiger partial charge in [0.2, 0.25) is 5.91 Å². The number of piperidine rings is 1. The molecule has 2 heterocycles. The number of H-pyrrole nitrogens is 1. The Morgan fingerprint density at radius 2 is 2.26 bits per heavy atom. The lowest BCUT2D eigenvalue weighted by Crippen LogP contribution is -2.47.